The average molecular weight is 365 g/mol. The van der Waals surface area contributed by atoms with Crippen molar-refractivity contribution in [3.63, 3.8) is 0 Å². The first kappa shape index (κ1) is 11.1. The van der Waals surface area contributed by atoms with Gasteiger partial charge in [-0.3, -0.25) is 0 Å². The zero-order chi connectivity index (χ0) is 8.93. The molecule has 0 heterocycles. The van der Waals surface area contributed by atoms with Gasteiger partial charge in [-0.1, -0.05) is 0 Å². The summed E-state index contributed by atoms with van der Waals surface area (Å²) in [6.45, 7) is 0. The van der Waals surface area contributed by atoms with Gasteiger partial charge in [0, 0.05) is 0 Å². The molecule has 2 aliphatic carbocycles. The second-order valence-corrected chi connectivity index (χ2v) is 18.3. The summed E-state index contributed by atoms with van der Waals surface area (Å²) in [7, 11) is 0. The second kappa shape index (κ2) is 6.21. The van der Waals surface area contributed by atoms with Crippen molar-refractivity contribution in [1.82, 2.24) is 0 Å². The Balaban J connectivity index is 1.52. The van der Waals surface area contributed by atoms with E-state index in [-0.39, 0.29) is 0 Å². The Morgan fingerprint density at radius 3 is 1.38 bits per heavy atom. The summed E-state index contributed by atoms with van der Waals surface area (Å²) in [5.41, 5.74) is 0. The van der Waals surface area contributed by atoms with Crippen LogP contribution in [-0.2, 0) is 0 Å². The number of rotatable bonds is 4. The van der Waals surface area contributed by atoms with E-state index >= 15 is 0 Å². The van der Waals surface area contributed by atoms with Gasteiger partial charge in [-0.2, -0.15) is 0 Å². The SMILES string of the molecule is [CH]1[CH][CH][C]([Se][Se][Se][C]2[CH][CH][CH][CH]2)[CH]1. The number of hydrogen-bond acceptors (Lipinski definition) is 0. The molecule has 0 atom stereocenters. The van der Waals surface area contributed by atoms with Crippen LogP contribution in [0.25, 0.3) is 0 Å². The molecular formula is C10H8Se3. The first-order valence-corrected chi connectivity index (χ1v) is 14.3. The molecule has 66 valence electrons. The van der Waals surface area contributed by atoms with Gasteiger partial charge in [-0.15, -0.1) is 0 Å². The molecule has 0 nitrogen and oxygen atoms in total. The second-order valence-electron chi connectivity index (χ2n) is 2.48. The van der Waals surface area contributed by atoms with E-state index in [9.17, 15) is 0 Å². The fourth-order valence-corrected chi connectivity index (χ4v) is 17.8. The van der Waals surface area contributed by atoms with Crippen molar-refractivity contribution in [2.45, 2.75) is 0 Å². The van der Waals surface area contributed by atoms with Crippen LogP contribution in [0.3, 0.4) is 0 Å². The van der Waals surface area contributed by atoms with Crippen molar-refractivity contribution >= 4 is 37.6 Å². The summed E-state index contributed by atoms with van der Waals surface area (Å²) in [6, 6.07) is 0. The van der Waals surface area contributed by atoms with Gasteiger partial charge in [-0.25, -0.2) is 0 Å². The molecule has 0 bridgehead atoms. The van der Waals surface area contributed by atoms with E-state index < -0.39 is 0 Å². The Labute approximate surface area is 98.0 Å². The van der Waals surface area contributed by atoms with Gasteiger partial charge >= 0.3 is 98.6 Å². The Morgan fingerprint density at radius 1 is 0.615 bits per heavy atom. The molecule has 0 amide bonds. The van der Waals surface area contributed by atoms with Crippen molar-refractivity contribution < 1.29 is 0 Å². The Morgan fingerprint density at radius 2 is 1.00 bits per heavy atom. The summed E-state index contributed by atoms with van der Waals surface area (Å²) in [5.74, 6) is 0. The van der Waals surface area contributed by atoms with Crippen LogP contribution >= 0.6 is 0 Å². The molecule has 0 aliphatic heterocycles. The topological polar surface area (TPSA) is 0 Å². The van der Waals surface area contributed by atoms with Crippen LogP contribution in [0.5, 0.6) is 0 Å². The molecule has 2 saturated carbocycles. The predicted molar refractivity (Wildman–Crippen MR) is 58.1 cm³/mol. The summed E-state index contributed by atoms with van der Waals surface area (Å²) in [4.78, 5) is 3.14. The van der Waals surface area contributed by atoms with Crippen molar-refractivity contribution in [3.05, 3.63) is 61.0 Å². The Bertz CT molecular complexity index is 121. The van der Waals surface area contributed by atoms with Gasteiger partial charge in [0.25, 0.3) is 0 Å². The predicted octanol–water partition coefficient (Wildman–Crippen LogP) is 0.654. The summed E-state index contributed by atoms with van der Waals surface area (Å²) in [6.07, 6.45) is 17.6. The molecule has 2 fully saturated rings. The fourth-order valence-electron chi connectivity index (χ4n) is 0.919. The third-order valence-electron chi connectivity index (χ3n) is 1.52. The van der Waals surface area contributed by atoms with E-state index in [0.29, 0.717) is 0 Å². The van der Waals surface area contributed by atoms with Crippen molar-refractivity contribution in [1.29, 1.82) is 0 Å². The van der Waals surface area contributed by atoms with E-state index in [0.717, 1.165) is 37.6 Å². The van der Waals surface area contributed by atoms with Crippen molar-refractivity contribution in [2.24, 2.45) is 0 Å². The molecule has 0 aromatic rings. The molecule has 0 aromatic heterocycles. The molecule has 3 heteroatoms. The molecule has 13 heavy (non-hydrogen) atoms. The van der Waals surface area contributed by atoms with E-state index in [4.69, 9.17) is 0 Å². The van der Waals surface area contributed by atoms with E-state index in [1.54, 1.807) is 9.63 Å². The van der Waals surface area contributed by atoms with E-state index in [1.165, 1.54) is 0 Å². The summed E-state index contributed by atoms with van der Waals surface area (Å²) >= 11 is 2.37. The minimum atomic E-state index is 0.758. The van der Waals surface area contributed by atoms with Crippen molar-refractivity contribution in [3.8, 4) is 0 Å². The Kier molecular flexibility index (Phi) is 5.28. The van der Waals surface area contributed by atoms with Crippen LogP contribution in [0, 0.1) is 61.0 Å². The van der Waals surface area contributed by atoms with Crippen molar-refractivity contribution in [2.75, 3.05) is 0 Å². The van der Waals surface area contributed by atoms with E-state index in [1.807, 2.05) is 0 Å². The van der Waals surface area contributed by atoms with E-state index in [2.05, 4.69) is 51.4 Å². The molecule has 0 spiro atoms. The van der Waals surface area contributed by atoms with Gasteiger partial charge in [0.05, 0.1) is 0 Å². The summed E-state index contributed by atoms with van der Waals surface area (Å²) in [5, 5.41) is 0. The molecule has 0 N–H and O–H groups in total. The molecule has 10 radical (unpaired) electrons. The average Bonchev–Trinajstić information content (AvgIpc) is 2.75. The standard InChI is InChI=1S/C10H8Se3/c1-2-6-9(5-1)11-13-12-10-7-3-4-8-10/h1-8H. The quantitative estimate of drug-likeness (QED) is 0.643. The van der Waals surface area contributed by atoms with Gasteiger partial charge in [0.1, 0.15) is 0 Å². The third kappa shape index (κ3) is 3.90. The van der Waals surface area contributed by atoms with Gasteiger partial charge in [0.2, 0.25) is 0 Å². The normalized spacial score (nSPS) is 25.8. The van der Waals surface area contributed by atoms with Gasteiger partial charge < -0.3 is 0 Å². The monoisotopic (exact) mass is 368 g/mol. The first-order valence-electron chi connectivity index (χ1n) is 3.90. The molecule has 0 aromatic carbocycles. The van der Waals surface area contributed by atoms with Crippen LogP contribution in [0.2, 0.25) is 0 Å². The van der Waals surface area contributed by atoms with Crippen LogP contribution in [0.4, 0.5) is 0 Å². The first-order chi connectivity index (χ1) is 6.45. The van der Waals surface area contributed by atoms with Crippen LogP contribution < -0.4 is 0 Å². The van der Waals surface area contributed by atoms with Crippen LogP contribution in [0.15, 0.2) is 0 Å². The maximum absolute atomic E-state index is 2.25. The van der Waals surface area contributed by atoms with Gasteiger partial charge in [-0.05, 0) is 0 Å². The van der Waals surface area contributed by atoms with Crippen LogP contribution in [-0.4, -0.2) is 37.6 Å². The zero-order valence-electron chi connectivity index (χ0n) is 6.84. The van der Waals surface area contributed by atoms with Crippen LogP contribution in [0.1, 0.15) is 0 Å². The zero-order valence-corrected chi connectivity index (χ0v) is 12.0. The molecular weight excluding hydrogens is 357 g/mol. The summed E-state index contributed by atoms with van der Waals surface area (Å²) < 4.78 is 0. The fraction of sp³-hybridized carbons (Fsp3) is 0. The molecule has 2 rings (SSSR count). The maximum atomic E-state index is 2.25. The minimum absolute atomic E-state index is 0.758. The van der Waals surface area contributed by atoms with Gasteiger partial charge in [0.15, 0.2) is 0 Å². The molecule has 2 aliphatic rings. The number of hydrogen-bond donors (Lipinski definition) is 0. The molecule has 0 unspecified atom stereocenters. The Hall–Kier alpha value is 1.56. The third-order valence-corrected chi connectivity index (χ3v) is 17.1. The molecule has 0 saturated heterocycles.